The Kier molecular flexibility index (Phi) is 6.19. The summed E-state index contributed by atoms with van der Waals surface area (Å²) in [6.07, 6.45) is 0.613. The van der Waals surface area contributed by atoms with E-state index in [1.165, 1.54) is 30.6 Å². The Morgan fingerprint density at radius 3 is 2.81 bits per heavy atom. The largest absolute Gasteiger partial charge is 0.396 e. The van der Waals surface area contributed by atoms with Crippen molar-refractivity contribution >= 4 is 44.3 Å². The van der Waals surface area contributed by atoms with Gasteiger partial charge in [0, 0.05) is 36.9 Å². The fraction of sp³-hybridized carbons (Fsp3) is 0.300. The minimum Gasteiger partial charge on any atom is -0.396 e. The molecule has 2 atom stereocenters. The summed E-state index contributed by atoms with van der Waals surface area (Å²) in [6.45, 7) is -0.290. The molecular weight excluding hydrogens is 463 g/mol. The molecule has 4 N–H and O–H groups in total. The summed E-state index contributed by atoms with van der Waals surface area (Å²) in [6, 6.07) is 6.33. The standard InChI is InChI=1S/C20H20ClFN4O5S/c21-14-7-13(1-2-15(14)22)25-20(29)12-5-16-19(24-10-23-16)18(6-12)32(30,31)26-4-3-11(9-27)17(28)8-26/h1-2,5-7,10-11,17,27-28H,3-4,8-9H2,(H,23,24)(H,25,29). The summed E-state index contributed by atoms with van der Waals surface area (Å²) < 4.78 is 41.2. The Hall–Kier alpha value is -2.57. The Morgan fingerprint density at radius 2 is 2.12 bits per heavy atom. The number of aromatic amines is 1. The van der Waals surface area contributed by atoms with E-state index in [-0.39, 0.29) is 51.9 Å². The zero-order valence-corrected chi connectivity index (χ0v) is 18.2. The lowest BCUT2D eigenvalue weighted by atomic mass is 9.96. The second-order valence-electron chi connectivity index (χ2n) is 7.52. The number of imidazole rings is 1. The number of aromatic nitrogens is 2. The summed E-state index contributed by atoms with van der Waals surface area (Å²) >= 11 is 5.75. The number of halogens is 2. The number of hydrogen-bond acceptors (Lipinski definition) is 6. The van der Waals surface area contributed by atoms with Gasteiger partial charge >= 0.3 is 0 Å². The zero-order chi connectivity index (χ0) is 23.0. The summed E-state index contributed by atoms with van der Waals surface area (Å²) in [5.74, 6) is -1.66. The number of piperidine rings is 1. The molecule has 1 aromatic heterocycles. The molecule has 170 valence electrons. The molecule has 3 aromatic rings. The number of sulfonamides is 1. The number of aliphatic hydroxyl groups excluding tert-OH is 2. The average molecular weight is 483 g/mol. The molecule has 2 heterocycles. The first-order valence-electron chi connectivity index (χ1n) is 9.73. The first kappa shape index (κ1) is 22.6. The highest BCUT2D eigenvalue weighted by molar-refractivity contribution is 7.89. The number of β-amino-alcohol motifs (C(OH)–C–C–N with tert-alkyl or cyclic N) is 1. The molecule has 32 heavy (non-hydrogen) atoms. The molecular formula is C20H20ClFN4O5S. The van der Waals surface area contributed by atoms with E-state index in [2.05, 4.69) is 15.3 Å². The molecule has 1 aliphatic heterocycles. The molecule has 0 saturated carbocycles. The van der Waals surface area contributed by atoms with E-state index in [0.29, 0.717) is 6.42 Å². The van der Waals surface area contributed by atoms with Crippen LogP contribution in [0.5, 0.6) is 0 Å². The Labute approximate surface area is 187 Å². The first-order valence-corrected chi connectivity index (χ1v) is 11.5. The topological polar surface area (TPSA) is 136 Å². The number of amides is 1. The number of aliphatic hydroxyl groups is 2. The van der Waals surface area contributed by atoms with Crippen molar-refractivity contribution in [3.8, 4) is 0 Å². The van der Waals surface area contributed by atoms with E-state index < -0.39 is 33.8 Å². The van der Waals surface area contributed by atoms with Gasteiger partial charge < -0.3 is 20.5 Å². The van der Waals surface area contributed by atoms with Gasteiger partial charge in [0.15, 0.2) is 0 Å². The van der Waals surface area contributed by atoms with E-state index in [1.54, 1.807) is 0 Å². The molecule has 9 nitrogen and oxygen atoms in total. The molecule has 0 bridgehead atoms. The molecule has 0 spiro atoms. The molecule has 0 radical (unpaired) electrons. The van der Waals surface area contributed by atoms with Gasteiger partial charge in [-0.2, -0.15) is 4.31 Å². The molecule has 0 aliphatic carbocycles. The summed E-state index contributed by atoms with van der Waals surface area (Å²) in [4.78, 5) is 19.5. The van der Waals surface area contributed by atoms with Crippen molar-refractivity contribution < 1.29 is 27.8 Å². The van der Waals surface area contributed by atoms with Crippen LogP contribution in [0.2, 0.25) is 5.02 Å². The third-order valence-electron chi connectivity index (χ3n) is 5.47. The number of rotatable bonds is 5. The van der Waals surface area contributed by atoms with Crippen molar-refractivity contribution in [1.82, 2.24) is 14.3 Å². The van der Waals surface area contributed by atoms with Crippen LogP contribution >= 0.6 is 11.6 Å². The van der Waals surface area contributed by atoms with Crippen LogP contribution in [0.4, 0.5) is 10.1 Å². The Balaban J connectivity index is 1.69. The number of nitrogens with one attached hydrogen (secondary N) is 2. The number of anilines is 1. The maximum atomic E-state index is 13.4. The van der Waals surface area contributed by atoms with Gasteiger partial charge in [-0.05, 0) is 36.8 Å². The first-order chi connectivity index (χ1) is 15.2. The lowest BCUT2D eigenvalue weighted by Gasteiger charge is -2.34. The van der Waals surface area contributed by atoms with E-state index in [4.69, 9.17) is 11.6 Å². The maximum absolute atomic E-state index is 13.4. The van der Waals surface area contributed by atoms with Crippen LogP contribution in [-0.2, 0) is 10.0 Å². The minimum absolute atomic E-state index is 0.0226. The monoisotopic (exact) mass is 482 g/mol. The van der Waals surface area contributed by atoms with Crippen LogP contribution in [-0.4, -0.2) is 64.6 Å². The fourth-order valence-corrected chi connectivity index (χ4v) is 5.50. The van der Waals surface area contributed by atoms with Crippen molar-refractivity contribution in [3.63, 3.8) is 0 Å². The summed E-state index contributed by atoms with van der Waals surface area (Å²) in [5, 5.41) is 21.9. The number of fused-ring (bicyclic) bond motifs is 1. The van der Waals surface area contributed by atoms with E-state index >= 15 is 0 Å². The molecule has 1 fully saturated rings. The second kappa shape index (κ2) is 8.75. The smallest absolute Gasteiger partial charge is 0.255 e. The Bertz CT molecular complexity index is 1280. The SMILES string of the molecule is O=C(Nc1ccc(F)c(Cl)c1)c1cc(S(=O)(=O)N2CCC(CO)C(O)C2)c2[nH]cnc2c1. The van der Waals surface area contributed by atoms with E-state index in [9.17, 15) is 27.8 Å². The molecule has 12 heteroatoms. The van der Waals surface area contributed by atoms with Gasteiger partial charge in [0.05, 0.1) is 28.5 Å². The van der Waals surface area contributed by atoms with Crippen LogP contribution in [0, 0.1) is 11.7 Å². The van der Waals surface area contributed by atoms with Gasteiger partial charge in [0.1, 0.15) is 10.7 Å². The summed E-state index contributed by atoms with van der Waals surface area (Å²) in [7, 11) is -4.09. The average Bonchev–Trinajstić information content (AvgIpc) is 3.24. The summed E-state index contributed by atoms with van der Waals surface area (Å²) in [5.41, 5.74) is 0.751. The predicted molar refractivity (Wildman–Crippen MR) is 115 cm³/mol. The van der Waals surface area contributed by atoms with Gasteiger partial charge in [0.2, 0.25) is 10.0 Å². The van der Waals surface area contributed by atoms with Crippen molar-refractivity contribution in [2.75, 3.05) is 25.0 Å². The molecule has 2 unspecified atom stereocenters. The molecule has 1 aliphatic rings. The number of nitrogens with zero attached hydrogens (tertiary/aromatic N) is 2. The molecule has 2 aromatic carbocycles. The lowest BCUT2D eigenvalue weighted by molar-refractivity contribution is 0.0222. The third kappa shape index (κ3) is 4.21. The van der Waals surface area contributed by atoms with Crippen molar-refractivity contribution in [2.24, 2.45) is 5.92 Å². The van der Waals surface area contributed by atoms with Gasteiger partial charge in [-0.3, -0.25) is 4.79 Å². The van der Waals surface area contributed by atoms with Crippen LogP contribution in [0.1, 0.15) is 16.8 Å². The van der Waals surface area contributed by atoms with Crippen molar-refractivity contribution in [3.05, 3.63) is 53.1 Å². The number of carbonyl (C=O) groups is 1. The minimum atomic E-state index is -4.09. The number of H-pyrrole nitrogens is 1. The highest BCUT2D eigenvalue weighted by Gasteiger charge is 2.36. The van der Waals surface area contributed by atoms with Crippen molar-refractivity contribution in [1.29, 1.82) is 0 Å². The van der Waals surface area contributed by atoms with Crippen LogP contribution in [0.15, 0.2) is 41.6 Å². The van der Waals surface area contributed by atoms with E-state index in [1.807, 2.05) is 0 Å². The highest BCUT2D eigenvalue weighted by Crippen LogP contribution is 2.29. The van der Waals surface area contributed by atoms with E-state index in [0.717, 1.165) is 10.4 Å². The highest BCUT2D eigenvalue weighted by atomic mass is 35.5. The Morgan fingerprint density at radius 1 is 1.34 bits per heavy atom. The molecule has 1 amide bonds. The van der Waals surface area contributed by atoms with Gasteiger partial charge in [-0.15, -0.1) is 0 Å². The quantitative estimate of drug-likeness (QED) is 0.439. The van der Waals surface area contributed by atoms with Crippen LogP contribution in [0.25, 0.3) is 11.0 Å². The third-order valence-corrected chi connectivity index (χ3v) is 7.65. The van der Waals surface area contributed by atoms with Crippen LogP contribution in [0.3, 0.4) is 0 Å². The molecule has 1 saturated heterocycles. The molecule has 4 rings (SSSR count). The second-order valence-corrected chi connectivity index (χ2v) is 9.83. The lowest BCUT2D eigenvalue weighted by Crippen LogP contribution is -2.47. The number of hydrogen-bond donors (Lipinski definition) is 4. The van der Waals surface area contributed by atoms with Crippen molar-refractivity contribution in [2.45, 2.75) is 17.4 Å². The zero-order valence-electron chi connectivity index (χ0n) is 16.6. The van der Waals surface area contributed by atoms with Gasteiger partial charge in [-0.25, -0.2) is 17.8 Å². The van der Waals surface area contributed by atoms with Gasteiger partial charge in [-0.1, -0.05) is 11.6 Å². The maximum Gasteiger partial charge on any atom is 0.255 e. The normalized spacial score (nSPS) is 19.9. The number of benzene rings is 2. The fourth-order valence-electron chi connectivity index (χ4n) is 3.65. The van der Waals surface area contributed by atoms with Crippen LogP contribution < -0.4 is 5.32 Å². The number of carbonyl (C=O) groups excluding carboxylic acids is 1. The van der Waals surface area contributed by atoms with Gasteiger partial charge in [0.25, 0.3) is 5.91 Å². The predicted octanol–water partition coefficient (Wildman–Crippen LogP) is 1.97.